The molecule has 0 aliphatic carbocycles. The van der Waals surface area contributed by atoms with E-state index in [4.69, 9.17) is 0 Å². The number of carbonyl (C=O) groups excluding carboxylic acids is 1. The van der Waals surface area contributed by atoms with Crippen LogP contribution in [0.25, 0.3) is 11.0 Å². The molecule has 0 bridgehead atoms. The summed E-state index contributed by atoms with van der Waals surface area (Å²) >= 11 is 1.54. The highest BCUT2D eigenvalue weighted by atomic mass is 32.2. The minimum absolute atomic E-state index is 0.0892. The lowest BCUT2D eigenvalue weighted by molar-refractivity contribution is 0.0955. The van der Waals surface area contributed by atoms with Gasteiger partial charge in [-0.1, -0.05) is 30.0 Å². The van der Waals surface area contributed by atoms with Crippen molar-refractivity contribution in [3.63, 3.8) is 0 Å². The van der Waals surface area contributed by atoms with Gasteiger partial charge in [0.15, 0.2) is 5.16 Å². The van der Waals surface area contributed by atoms with Crippen LogP contribution in [0.2, 0.25) is 0 Å². The number of fused-ring (bicyclic) bond motifs is 4. The zero-order valence-electron chi connectivity index (χ0n) is 10.4. The van der Waals surface area contributed by atoms with Gasteiger partial charge in [0.05, 0.1) is 11.0 Å². The Bertz CT molecular complexity index is 854. The zero-order chi connectivity index (χ0) is 13.7. The molecule has 0 atom stereocenters. The third kappa shape index (κ3) is 1.56. The standard InChI is InChI=1S/C15H10N2O2S/c18-10-5-6-12-13(7-10)17-14(19)11-4-2-1-3-9(11)8-20-15(17)16-12/h1-7,18H,8H2. The molecule has 20 heavy (non-hydrogen) atoms. The van der Waals surface area contributed by atoms with Gasteiger partial charge in [-0.3, -0.25) is 9.36 Å². The topological polar surface area (TPSA) is 55.1 Å². The lowest BCUT2D eigenvalue weighted by Gasteiger charge is -2.05. The van der Waals surface area contributed by atoms with E-state index in [1.807, 2.05) is 24.3 Å². The molecule has 0 saturated heterocycles. The van der Waals surface area contributed by atoms with Gasteiger partial charge in [-0.25, -0.2) is 4.98 Å². The highest BCUT2D eigenvalue weighted by molar-refractivity contribution is 7.98. The van der Waals surface area contributed by atoms with E-state index < -0.39 is 0 Å². The van der Waals surface area contributed by atoms with E-state index in [0.717, 1.165) is 16.8 Å². The van der Waals surface area contributed by atoms with E-state index in [1.165, 1.54) is 11.8 Å². The molecule has 0 radical (unpaired) electrons. The van der Waals surface area contributed by atoms with Gasteiger partial charge in [0.1, 0.15) is 5.75 Å². The van der Waals surface area contributed by atoms with Crippen molar-refractivity contribution in [2.45, 2.75) is 10.9 Å². The minimum atomic E-state index is -0.0892. The van der Waals surface area contributed by atoms with Crippen molar-refractivity contribution in [3.8, 4) is 5.75 Å². The van der Waals surface area contributed by atoms with E-state index in [9.17, 15) is 9.90 Å². The third-order valence-electron chi connectivity index (χ3n) is 3.41. The van der Waals surface area contributed by atoms with Crippen LogP contribution in [0.3, 0.4) is 0 Å². The SMILES string of the molecule is O=C1c2ccccc2CSc2nc3ccc(O)cc3n21. The molecule has 2 heterocycles. The molecule has 5 heteroatoms. The molecule has 0 saturated carbocycles. The smallest absolute Gasteiger partial charge is 0.264 e. The lowest BCUT2D eigenvalue weighted by Crippen LogP contribution is -2.12. The molecule has 0 spiro atoms. The number of imidazole rings is 1. The lowest BCUT2D eigenvalue weighted by atomic mass is 10.1. The van der Waals surface area contributed by atoms with Gasteiger partial charge in [0.2, 0.25) is 0 Å². The van der Waals surface area contributed by atoms with Crippen molar-refractivity contribution in [1.82, 2.24) is 9.55 Å². The number of hydrogen-bond donors (Lipinski definition) is 1. The Balaban J connectivity index is 2.04. The van der Waals surface area contributed by atoms with E-state index in [2.05, 4.69) is 4.98 Å². The van der Waals surface area contributed by atoms with Gasteiger partial charge in [-0.15, -0.1) is 0 Å². The summed E-state index contributed by atoms with van der Waals surface area (Å²) in [5.74, 6) is 0.765. The summed E-state index contributed by atoms with van der Waals surface area (Å²) in [6, 6.07) is 12.5. The molecule has 98 valence electrons. The van der Waals surface area contributed by atoms with Crippen molar-refractivity contribution >= 4 is 28.7 Å². The number of aromatic hydroxyl groups is 1. The molecule has 4 nitrogen and oxygen atoms in total. The van der Waals surface area contributed by atoms with E-state index in [1.54, 1.807) is 22.8 Å². The highest BCUT2D eigenvalue weighted by Gasteiger charge is 2.24. The summed E-state index contributed by atoms with van der Waals surface area (Å²) in [7, 11) is 0. The summed E-state index contributed by atoms with van der Waals surface area (Å²) in [6.07, 6.45) is 0. The molecule has 1 aliphatic heterocycles. The fraction of sp³-hybridized carbons (Fsp3) is 0.0667. The maximum atomic E-state index is 12.7. The number of nitrogens with zero attached hydrogens (tertiary/aromatic N) is 2. The largest absolute Gasteiger partial charge is 0.508 e. The van der Waals surface area contributed by atoms with Crippen LogP contribution < -0.4 is 0 Å². The molecule has 0 amide bonds. The predicted molar refractivity (Wildman–Crippen MR) is 77.1 cm³/mol. The Morgan fingerprint density at radius 1 is 1.20 bits per heavy atom. The summed E-state index contributed by atoms with van der Waals surface area (Å²) in [6.45, 7) is 0. The molecule has 2 aromatic carbocycles. The Morgan fingerprint density at radius 3 is 2.95 bits per heavy atom. The molecule has 1 N–H and O–H groups in total. The summed E-state index contributed by atoms with van der Waals surface area (Å²) in [5, 5.41) is 10.3. The van der Waals surface area contributed by atoms with E-state index in [-0.39, 0.29) is 11.7 Å². The van der Waals surface area contributed by atoms with Crippen molar-refractivity contribution in [1.29, 1.82) is 0 Å². The van der Waals surface area contributed by atoms with Crippen LogP contribution in [0, 0.1) is 0 Å². The maximum Gasteiger partial charge on any atom is 0.264 e. The van der Waals surface area contributed by atoms with Gasteiger partial charge in [0, 0.05) is 17.4 Å². The maximum absolute atomic E-state index is 12.7. The first kappa shape index (κ1) is 11.5. The molecule has 3 aromatic rings. The second-order valence-electron chi connectivity index (χ2n) is 4.65. The number of benzene rings is 2. The number of thioether (sulfide) groups is 1. The van der Waals surface area contributed by atoms with Gasteiger partial charge in [-0.05, 0) is 23.8 Å². The summed E-state index contributed by atoms with van der Waals surface area (Å²) < 4.78 is 1.59. The molecule has 4 rings (SSSR count). The second-order valence-corrected chi connectivity index (χ2v) is 5.60. The van der Waals surface area contributed by atoms with Gasteiger partial charge in [0.25, 0.3) is 5.91 Å². The van der Waals surface area contributed by atoms with Crippen molar-refractivity contribution in [2.24, 2.45) is 0 Å². The molecular weight excluding hydrogens is 272 g/mol. The predicted octanol–water partition coefficient (Wildman–Crippen LogP) is 3.04. The summed E-state index contributed by atoms with van der Waals surface area (Å²) in [4.78, 5) is 17.2. The molecule has 1 aliphatic rings. The molecular formula is C15H10N2O2S. The Labute approximate surface area is 119 Å². The molecule has 1 aromatic heterocycles. The Hall–Kier alpha value is -2.27. The van der Waals surface area contributed by atoms with E-state index in [0.29, 0.717) is 16.2 Å². The normalized spacial score (nSPS) is 13.9. The van der Waals surface area contributed by atoms with Crippen LogP contribution in [0.5, 0.6) is 5.75 Å². The van der Waals surface area contributed by atoms with E-state index >= 15 is 0 Å². The van der Waals surface area contributed by atoms with Crippen LogP contribution in [0.15, 0.2) is 47.6 Å². The second kappa shape index (κ2) is 4.11. The highest BCUT2D eigenvalue weighted by Crippen LogP contribution is 2.33. The van der Waals surface area contributed by atoms with Crippen LogP contribution in [0.1, 0.15) is 15.9 Å². The fourth-order valence-electron chi connectivity index (χ4n) is 2.45. The fourth-order valence-corrected chi connectivity index (χ4v) is 3.46. The third-order valence-corrected chi connectivity index (χ3v) is 4.40. The average Bonchev–Trinajstić information content (AvgIpc) is 2.75. The van der Waals surface area contributed by atoms with Gasteiger partial charge in [-0.2, -0.15) is 0 Å². The van der Waals surface area contributed by atoms with Crippen molar-refractivity contribution in [2.75, 3.05) is 0 Å². The molecule has 0 fully saturated rings. The first-order valence-electron chi connectivity index (χ1n) is 6.21. The quantitative estimate of drug-likeness (QED) is 0.688. The van der Waals surface area contributed by atoms with Gasteiger partial charge >= 0.3 is 0 Å². The number of carbonyl (C=O) groups is 1. The minimum Gasteiger partial charge on any atom is -0.508 e. The zero-order valence-corrected chi connectivity index (χ0v) is 11.2. The summed E-state index contributed by atoms with van der Waals surface area (Å²) in [5.41, 5.74) is 3.08. The number of phenolic OH excluding ortho intramolecular Hbond substituents is 1. The van der Waals surface area contributed by atoms with Crippen LogP contribution in [-0.4, -0.2) is 20.6 Å². The molecule has 0 unspecified atom stereocenters. The number of aromatic nitrogens is 2. The Kier molecular flexibility index (Phi) is 2.37. The first-order valence-corrected chi connectivity index (χ1v) is 7.19. The monoisotopic (exact) mass is 282 g/mol. The van der Waals surface area contributed by atoms with Crippen LogP contribution in [-0.2, 0) is 5.75 Å². The first-order chi connectivity index (χ1) is 9.74. The Morgan fingerprint density at radius 2 is 2.05 bits per heavy atom. The van der Waals surface area contributed by atoms with Crippen molar-refractivity contribution < 1.29 is 9.90 Å². The number of phenols is 1. The number of hydrogen-bond acceptors (Lipinski definition) is 4. The number of rotatable bonds is 0. The van der Waals surface area contributed by atoms with Gasteiger partial charge < -0.3 is 5.11 Å². The van der Waals surface area contributed by atoms with Crippen LogP contribution >= 0.6 is 11.8 Å². The average molecular weight is 282 g/mol. The van der Waals surface area contributed by atoms with Crippen molar-refractivity contribution in [3.05, 3.63) is 53.6 Å². The van der Waals surface area contributed by atoms with Crippen LogP contribution in [0.4, 0.5) is 0 Å².